The van der Waals surface area contributed by atoms with E-state index in [9.17, 15) is 9.59 Å². The van der Waals surface area contributed by atoms with Gasteiger partial charge in [0.2, 0.25) is 0 Å². The van der Waals surface area contributed by atoms with Crippen LogP contribution in [0.5, 0.6) is 0 Å². The Morgan fingerprint density at radius 2 is 1.59 bits per heavy atom. The highest BCUT2D eigenvalue weighted by Gasteiger charge is 2.38. The summed E-state index contributed by atoms with van der Waals surface area (Å²) in [6.45, 7) is 1.91. The summed E-state index contributed by atoms with van der Waals surface area (Å²) in [4.78, 5) is 27.7. The molecule has 152 valence electrons. The molecule has 0 saturated carbocycles. The van der Waals surface area contributed by atoms with E-state index < -0.39 is 23.8 Å². The summed E-state index contributed by atoms with van der Waals surface area (Å²) < 4.78 is 15.1. The smallest absolute Gasteiger partial charge is 0.314 e. The van der Waals surface area contributed by atoms with Crippen LogP contribution in [-0.2, 0) is 19.1 Å². The number of rotatable bonds is 7. The molecular formula is C21H23N3O5. The number of anilines is 1. The summed E-state index contributed by atoms with van der Waals surface area (Å²) in [5.41, 5.74) is 3.24. The summed E-state index contributed by atoms with van der Waals surface area (Å²) in [7, 11) is 5.15. The SMILES string of the molecule is CCOC(=O)C(c1ccc2nonc2c1)C(C(=O)OC)c1ccc(N(C)C)cc1. The molecule has 2 unspecified atom stereocenters. The second kappa shape index (κ2) is 8.72. The average molecular weight is 397 g/mol. The number of nitrogens with zero attached hydrogens (tertiary/aromatic N) is 3. The fourth-order valence-corrected chi connectivity index (χ4v) is 3.26. The van der Waals surface area contributed by atoms with Crippen molar-refractivity contribution in [1.82, 2.24) is 10.3 Å². The van der Waals surface area contributed by atoms with Crippen LogP contribution in [0.25, 0.3) is 11.0 Å². The average Bonchev–Trinajstić information content (AvgIpc) is 3.19. The fraction of sp³-hybridized carbons (Fsp3) is 0.333. The zero-order chi connectivity index (χ0) is 21.0. The molecule has 29 heavy (non-hydrogen) atoms. The number of hydrogen-bond donors (Lipinski definition) is 0. The van der Waals surface area contributed by atoms with Gasteiger partial charge in [0.15, 0.2) is 0 Å². The molecule has 8 heteroatoms. The molecule has 1 heterocycles. The van der Waals surface area contributed by atoms with Crippen LogP contribution in [0, 0.1) is 0 Å². The standard InChI is InChI=1S/C21H23N3O5/c1-5-28-21(26)19(14-8-11-16-17(12-14)23-29-22-16)18(20(25)27-4)13-6-9-15(10-7-13)24(2)3/h6-12,18-19H,5H2,1-4H3. The van der Waals surface area contributed by atoms with Gasteiger partial charge in [0.25, 0.3) is 0 Å². The van der Waals surface area contributed by atoms with Crippen LogP contribution in [0.1, 0.15) is 29.9 Å². The van der Waals surface area contributed by atoms with E-state index in [1.165, 1.54) is 7.11 Å². The monoisotopic (exact) mass is 397 g/mol. The summed E-state index contributed by atoms with van der Waals surface area (Å²) in [5, 5.41) is 7.62. The molecule has 0 aliphatic heterocycles. The van der Waals surface area contributed by atoms with Gasteiger partial charge in [0.1, 0.15) is 11.0 Å². The maximum absolute atomic E-state index is 12.9. The topological polar surface area (TPSA) is 94.8 Å². The van der Waals surface area contributed by atoms with Gasteiger partial charge in [-0.3, -0.25) is 9.59 Å². The molecule has 0 amide bonds. The minimum atomic E-state index is -0.909. The van der Waals surface area contributed by atoms with Gasteiger partial charge < -0.3 is 14.4 Å². The number of methoxy groups -OCH3 is 1. The Morgan fingerprint density at radius 3 is 2.21 bits per heavy atom. The van der Waals surface area contributed by atoms with Crippen molar-refractivity contribution in [3.05, 3.63) is 53.6 Å². The maximum atomic E-state index is 12.9. The molecule has 0 radical (unpaired) electrons. The highest BCUT2D eigenvalue weighted by molar-refractivity contribution is 5.91. The predicted molar refractivity (Wildman–Crippen MR) is 107 cm³/mol. The number of fused-ring (bicyclic) bond motifs is 1. The van der Waals surface area contributed by atoms with E-state index in [-0.39, 0.29) is 6.61 Å². The molecule has 2 atom stereocenters. The van der Waals surface area contributed by atoms with Crippen molar-refractivity contribution in [2.24, 2.45) is 0 Å². The van der Waals surface area contributed by atoms with Gasteiger partial charge in [0, 0.05) is 19.8 Å². The molecule has 0 spiro atoms. The van der Waals surface area contributed by atoms with Crippen LogP contribution in [0.3, 0.4) is 0 Å². The number of aromatic nitrogens is 2. The molecule has 0 aliphatic rings. The zero-order valence-electron chi connectivity index (χ0n) is 16.8. The van der Waals surface area contributed by atoms with Crippen molar-refractivity contribution in [2.45, 2.75) is 18.8 Å². The molecule has 2 aromatic carbocycles. The Hall–Kier alpha value is -3.42. The van der Waals surface area contributed by atoms with Gasteiger partial charge in [-0.1, -0.05) is 18.2 Å². The first kappa shape index (κ1) is 20.3. The van der Waals surface area contributed by atoms with Gasteiger partial charge in [-0.25, -0.2) is 4.63 Å². The van der Waals surface area contributed by atoms with Crippen molar-refractivity contribution < 1.29 is 23.7 Å². The van der Waals surface area contributed by atoms with Crippen molar-refractivity contribution in [3.8, 4) is 0 Å². The van der Waals surface area contributed by atoms with E-state index in [1.54, 1.807) is 25.1 Å². The van der Waals surface area contributed by atoms with Crippen LogP contribution >= 0.6 is 0 Å². The fourth-order valence-electron chi connectivity index (χ4n) is 3.26. The van der Waals surface area contributed by atoms with E-state index >= 15 is 0 Å². The molecule has 3 rings (SSSR count). The lowest BCUT2D eigenvalue weighted by atomic mass is 9.81. The van der Waals surface area contributed by atoms with Gasteiger partial charge in [-0.15, -0.1) is 0 Å². The van der Waals surface area contributed by atoms with Crippen molar-refractivity contribution in [2.75, 3.05) is 32.7 Å². The first-order valence-electron chi connectivity index (χ1n) is 9.20. The minimum Gasteiger partial charge on any atom is -0.469 e. The molecule has 0 saturated heterocycles. The number of esters is 2. The van der Waals surface area contributed by atoms with Crippen LogP contribution in [0.4, 0.5) is 5.69 Å². The molecule has 3 aromatic rings. The Labute approximate surface area is 168 Å². The lowest BCUT2D eigenvalue weighted by Crippen LogP contribution is -2.29. The number of ether oxygens (including phenoxy) is 2. The van der Waals surface area contributed by atoms with Crippen LogP contribution in [-0.4, -0.2) is 50.1 Å². The quantitative estimate of drug-likeness (QED) is 0.562. The Morgan fingerprint density at radius 1 is 0.966 bits per heavy atom. The first-order chi connectivity index (χ1) is 14.0. The highest BCUT2D eigenvalue weighted by Crippen LogP contribution is 2.37. The zero-order valence-corrected chi connectivity index (χ0v) is 16.8. The Balaban J connectivity index is 2.11. The van der Waals surface area contributed by atoms with Crippen molar-refractivity contribution >= 4 is 28.7 Å². The third kappa shape index (κ3) is 4.21. The number of carbonyl (C=O) groups is 2. The van der Waals surface area contributed by atoms with Crippen molar-refractivity contribution in [1.29, 1.82) is 0 Å². The summed E-state index contributed by atoms with van der Waals surface area (Å²) in [6, 6.07) is 12.5. The molecule has 1 aromatic heterocycles. The van der Waals surface area contributed by atoms with E-state index in [1.807, 2.05) is 43.3 Å². The lowest BCUT2D eigenvalue weighted by molar-refractivity contribution is -0.152. The summed E-state index contributed by atoms with van der Waals surface area (Å²) >= 11 is 0. The summed E-state index contributed by atoms with van der Waals surface area (Å²) in [5.74, 6) is -2.84. The minimum absolute atomic E-state index is 0.191. The van der Waals surface area contributed by atoms with Gasteiger partial charge in [-0.2, -0.15) is 0 Å². The number of carbonyl (C=O) groups excluding carboxylic acids is 2. The largest absolute Gasteiger partial charge is 0.469 e. The van der Waals surface area contributed by atoms with Crippen LogP contribution in [0.2, 0.25) is 0 Å². The predicted octanol–water partition coefficient (Wildman–Crippen LogP) is 2.89. The number of benzene rings is 2. The van der Waals surface area contributed by atoms with Crippen LogP contribution < -0.4 is 4.90 Å². The number of hydrogen-bond acceptors (Lipinski definition) is 8. The summed E-state index contributed by atoms with van der Waals surface area (Å²) in [6.07, 6.45) is 0. The lowest BCUT2D eigenvalue weighted by Gasteiger charge is -2.25. The van der Waals surface area contributed by atoms with E-state index in [0.717, 1.165) is 5.69 Å². The maximum Gasteiger partial charge on any atom is 0.314 e. The Kier molecular flexibility index (Phi) is 6.11. The van der Waals surface area contributed by atoms with E-state index in [2.05, 4.69) is 10.3 Å². The third-order valence-corrected chi connectivity index (χ3v) is 4.73. The van der Waals surface area contributed by atoms with Gasteiger partial charge in [-0.05, 0) is 52.6 Å². The Bertz CT molecular complexity index is 997. The molecule has 8 nitrogen and oxygen atoms in total. The third-order valence-electron chi connectivity index (χ3n) is 4.73. The molecular weight excluding hydrogens is 374 g/mol. The van der Waals surface area contributed by atoms with Crippen LogP contribution in [0.15, 0.2) is 47.1 Å². The second-order valence-electron chi connectivity index (χ2n) is 6.73. The molecule has 0 aliphatic carbocycles. The van der Waals surface area contributed by atoms with Crippen molar-refractivity contribution in [3.63, 3.8) is 0 Å². The van der Waals surface area contributed by atoms with Gasteiger partial charge >= 0.3 is 11.9 Å². The van der Waals surface area contributed by atoms with E-state index in [4.69, 9.17) is 14.1 Å². The van der Waals surface area contributed by atoms with E-state index in [0.29, 0.717) is 22.2 Å². The molecule has 0 N–H and O–H groups in total. The molecule has 0 fully saturated rings. The van der Waals surface area contributed by atoms with Gasteiger partial charge in [0.05, 0.1) is 25.6 Å². The first-order valence-corrected chi connectivity index (χ1v) is 9.20. The molecule has 0 bridgehead atoms. The normalized spacial score (nSPS) is 13.0. The second-order valence-corrected chi connectivity index (χ2v) is 6.73. The highest BCUT2D eigenvalue weighted by atomic mass is 16.6.